The van der Waals surface area contributed by atoms with E-state index < -0.39 is 5.97 Å². The fourth-order valence-electron chi connectivity index (χ4n) is 2.42. The van der Waals surface area contributed by atoms with Crippen LogP contribution in [0.5, 0.6) is 0 Å². The Kier molecular flexibility index (Phi) is 7.95. The smallest absolute Gasteiger partial charge is 0.313 e. The average molecular weight is 382 g/mol. The molecular formula is C20H22N4O4. The Balaban J connectivity index is 1.91. The monoisotopic (exact) mass is 382 g/mol. The topological polar surface area (TPSA) is 101 Å². The minimum Gasteiger partial charge on any atom is -0.463 e. The van der Waals surface area contributed by atoms with E-state index in [0.29, 0.717) is 23.6 Å². The van der Waals surface area contributed by atoms with E-state index in [2.05, 4.69) is 15.4 Å². The quantitative estimate of drug-likeness (QED) is 0.253. The van der Waals surface area contributed by atoms with Crippen LogP contribution in [-0.2, 0) is 14.3 Å². The van der Waals surface area contributed by atoms with E-state index in [0.717, 1.165) is 12.2 Å². The molecule has 0 aliphatic carbocycles. The van der Waals surface area contributed by atoms with Gasteiger partial charge in [-0.15, -0.1) is 4.91 Å². The van der Waals surface area contributed by atoms with E-state index in [-0.39, 0.29) is 18.8 Å². The zero-order chi connectivity index (χ0) is 20.4. The lowest BCUT2D eigenvalue weighted by molar-refractivity contribution is -0.145. The van der Waals surface area contributed by atoms with Crippen molar-refractivity contribution < 1.29 is 14.3 Å². The van der Waals surface area contributed by atoms with Crippen LogP contribution in [-0.4, -0.2) is 31.4 Å². The van der Waals surface area contributed by atoms with E-state index >= 15 is 0 Å². The lowest BCUT2D eigenvalue weighted by atomic mass is 10.2. The predicted octanol–water partition coefficient (Wildman–Crippen LogP) is 4.85. The summed E-state index contributed by atoms with van der Waals surface area (Å²) >= 11 is 0. The molecule has 0 aliphatic heterocycles. The number of hydrogen-bond donors (Lipinski definition) is 0. The Morgan fingerprint density at radius 3 is 1.96 bits per heavy atom. The number of ether oxygens (including phenoxy) is 1. The maximum absolute atomic E-state index is 11.4. The SMILES string of the molecule is CCN(CCOC(=O)CC(C)=O)c1ccc(N=Nc2ccc(N=O)cc2)cc1. The molecular weight excluding hydrogens is 360 g/mol. The molecule has 28 heavy (non-hydrogen) atoms. The number of carbonyl (C=O) groups excluding carboxylic acids is 2. The van der Waals surface area contributed by atoms with Crippen LogP contribution in [0.3, 0.4) is 0 Å². The van der Waals surface area contributed by atoms with Gasteiger partial charge in [0.05, 0.1) is 17.9 Å². The summed E-state index contributed by atoms with van der Waals surface area (Å²) in [6.45, 7) is 4.84. The molecule has 0 aliphatic rings. The van der Waals surface area contributed by atoms with E-state index in [1.807, 2.05) is 36.1 Å². The number of hydrogen-bond acceptors (Lipinski definition) is 8. The van der Waals surface area contributed by atoms with Gasteiger partial charge in [0.25, 0.3) is 0 Å². The molecule has 0 amide bonds. The summed E-state index contributed by atoms with van der Waals surface area (Å²) in [4.78, 5) is 34.8. The van der Waals surface area contributed by atoms with Crippen molar-refractivity contribution in [1.82, 2.24) is 0 Å². The first-order valence-electron chi connectivity index (χ1n) is 8.87. The second-order valence-corrected chi connectivity index (χ2v) is 6.00. The van der Waals surface area contributed by atoms with Crippen molar-refractivity contribution in [2.45, 2.75) is 20.3 Å². The maximum Gasteiger partial charge on any atom is 0.313 e. The zero-order valence-corrected chi connectivity index (χ0v) is 15.9. The van der Waals surface area contributed by atoms with Gasteiger partial charge >= 0.3 is 5.97 Å². The summed E-state index contributed by atoms with van der Waals surface area (Å²) in [5, 5.41) is 11.1. The molecule has 0 unspecified atom stereocenters. The van der Waals surface area contributed by atoms with Gasteiger partial charge in [-0.1, -0.05) is 0 Å². The third-order valence-electron chi connectivity index (χ3n) is 3.85. The van der Waals surface area contributed by atoms with Crippen LogP contribution in [0.1, 0.15) is 20.3 Å². The molecule has 0 heterocycles. The molecule has 2 rings (SSSR count). The molecule has 0 fully saturated rings. The third-order valence-corrected chi connectivity index (χ3v) is 3.85. The Morgan fingerprint density at radius 1 is 0.929 bits per heavy atom. The number of rotatable bonds is 10. The van der Waals surface area contributed by atoms with Crippen LogP contribution >= 0.6 is 0 Å². The summed E-state index contributed by atoms with van der Waals surface area (Å²) in [6.07, 6.45) is -0.194. The highest BCUT2D eigenvalue weighted by Gasteiger charge is 2.09. The number of esters is 1. The fourth-order valence-corrected chi connectivity index (χ4v) is 2.42. The van der Waals surface area contributed by atoms with Crippen molar-refractivity contribution in [2.75, 3.05) is 24.6 Å². The molecule has 146 valence electrons. The van der Waals surface area contributed by atoms with Crippen molar-refractivity contribution in [3.05, 3.63) is 53.4 Å². The number of anilines is 1. The van der Waals surface area contributed by atoms with Gasteiger partial charge in [-0.05, 0) is 67.6 Å². The van der Waals surface area contributed by atoms with Gasteiger partial charge < -0.3 is 9.64 Å². The second kappa shape index (κ2) is 10.7. The van der Waals surface area contributed by atoms with Crippen LogP contribution in [0, 0.1) is 4.91 Å². The van der Waals surface area contributed by atoms with Crippen molar-refractivity contribution >= 4 is 34.5 Å². The van der Waals surface area contributed by atoms with Gasteiger partial charge in [0, 0.05) is 12.2 Å². The van der Waals surface area contributed by atoms with E-state index in [9.17, 15) is 14.5 Å². The predicted molar refractivity (Wildman–Crippen MR) is 107 cm³/mol. The van der Waals surface area contributed by atoms with Gasteiger partial charge in [-0.3, -0.25) is 9.59 Å². The van der Waals surface area contributed by atoms with Gasteiger partial charge in [0.15, 0.2) is 0 Å². The second-order valence-electron chi connectivity index (χ2n) is 6.00. The number of carbonyl (C=O) groups is 2. The number of nitrogens with zero attached hydrogens (tertiary/aromatic N) is 4. The lowest BCUT2D eigenvalue weighted by Gasteiger charge is -2.22. The first kappa shape index (κ1) is 20.9. The summed E-state index contributed by atoms with van der Waals surface area (Å²) in [5.74, 6) is -0.713. The highest BCUT2D eigenvalue weighted by molar-refractivity contribution is 5.94. The standard InChI is InChI=1S/C20H22N4O4/c1-3-24(12-13-28-20(26)14-15(2)25)19-10-8-17(9-11-19)22-21-16-4-6-18(23-27)7-5-16/h4-11H,3,12-14H2,1-2H3. The highest BCUT2D eigenvalue weighted by Crippen LogP contribution is 2.23. The van der Waals surface area contributed by atoms with E-state index in [1.54, 1.807) is 24.3 Å². The molecule has 0 atom stereocenters. The number of azo groups is 1. The van der Waals surface area contributed by atoms with Crippen LogP contribution < -0.4 is 4.90 Å². The van der Waals surface area contributed by atoms with Crippen molar-refractivity contribution in [2.24, 2.45) is 15.4 Å². The summed E-state index contributed by atoms with van der Waals surface area (Å²) < 4.78 is 5.07. The van der Waals surface area contributed by atoms with Gasteiger partial charge in [0.2, 0.25) is 0 Å². The van der Waals surface area contributed by atoms with Gasteiger partial charge in [0.1, 0.15) is 24.5 Å². The Hall–Kier alpha value is -3.42. The minimum atomic E-state index is -0.503. The van der Waals surface area contributed by atoms with E-state index in [1.165, 1.54) is 6.92 Å². The third kappa shape index (κ3) is 6.71. The first-order chi connectivity index (χ1) is 13.5. The molecule has 2 aromatic carbocycles. The summed E-state index contributed by atoms with van der Waals surface area (Å²) in [6, 6.07) is 14.0. The molecule has 0 aromatic heterocycles. The molecule has 8 nitrogen and oxygen atoms in total. The summed E-state index contributed by atoms with van der Waals surface area (Å²) in [7, 11) is 0. The van der Waals surface area contributed by atoms with Crippen LogP contribution in [0.25, 0.3) is 0 Å². The molecule has 0 saturated heterocycles. The van der Waals surface area contributed by atoms with Crippen LogP contribution in [0.4, 0.5) is 22.7 Å². The first-order valence-corrected chi connectivity index (χ1v) is 8.87. The Bertz CT molecular complexity index is 832. The maximum atomic E-state index is 11.4. The van der Waals surface area contributed by atoms with Crippen molar-refractivity contribution in [1.29, 1.82) is 0 Å². The van der Waals surface area contributed by atoms with Crippen LogP contribution in [0.15, 0.2) is 63.9 Å². The normalized spacial score (nSPS) is 10.6. The van der Waals surface area contributed by atoms with Gasteiger partial charge in [-0.2, -0.15) is 10.2 Å². The summed E-state index contributed by atoms with van der Waals surface area (Å²) in [5.41, 5.74) is 2.62. The van der Waals surface area contributed by atoms with E-state index in [4.69, 9.17) is 4.74 Å². The number of Topliss-reactive ketones (excluding diaryl/α,β-unsaturated/α-hetero) is 1. The van der Waals surface area contributed by atoms with Crippen molar-refractivity contribution in [3.63, 3.8) is 0 Å². The largest absolute Gasteiger partial charge is 0.463 e. The number of nitroso groups, excluding NO2 is 1. The molecule has 0 saturated carbocycles. The molecule has 0 bridgehead atoms. The molecule has 8 heteroatoms. The molecule has 2 aromatic rings. The Morgan fingerprint density at radius 2 is 1.46 bits per heavy atom. The number of benzene rings is 2. The van der Waals surface area contributed by atoms with Crippen molar-refractivity contribution in [3.8, 4) is 0 Å². The molecule has 0 radical (unpaired) electrons. The average Bonchev–Trinajstić information content (AvgIpc) is 2.70. The Labute approximate surface area is 163 Å². The lowest BCUT2D eigenvalue weighted by Crippen LogP contribution is -2.28. The molecule has 0 spiro atoms. The van der Waals surface area contributed by atoms with Crippen LogP contribution in [0.2, 0.25) is 0 Å². The number of likely N-dealkylation sites (N-methyl/N-ethyl adjacent to an activating group) is 1. The minimum absolute atomic E-state index is 0.194. The van der Waals surface area contributed by atoms with Gasteiger partial charge in [-0.25, -0.2) is 0 Å². The zero-order valence-electron chi connectivity index (χ0n) is 15.9. The fraction of sp³-hybridized carbons (Fsp3) is 0.300. The molecule has 0 N–H and O–H groups in total. The number of ketones is 1. The highest BCUT2D eigenvalue weighted by atomic mass is 16.5.